The van der Waals surface area contributed by atoms with E-state index in [9.17, 15) is 4.79 Å². The third kappa shape index (κ3) is 4.76. The molecule has 25 heavy (non-hydrogen) atoms. The third-order valence-corrected chi connectivity index (χ3v) is 4.48. The number of hydrogen-bond donors (Lipinski definition) is 1. The number of ether oxygens (including phenoxy) is 1. The van der Waals surface area contributed by atoms with Crippen molar-refractivity contribution < 1.29 is 13.9 Å². The highest BCUT2D eigenvalue weighted by Gasteiger charge is 2.21. The fourth-order valence-corrected chi connectivity index (χ4v) is 3.06. The van der Waals surface area contributed by atoms with Gasteiger partial charge in [-0.1, -0.05) is 18.2 Å². The molecule has 3 rings (SSSR count). The Bertz CT molecular complexity index is 664. The van der Waals surface area contributed by atoms with Gasteiger partial charge in [-0.3, -0.25) is 4.90 Å². The molecule has 0 radical (unpaired) electrons. The highest BCUT2D eigenvalue weighted by molar-refractivity contribution is 5.74. The first-order valence-corrected chi connectivity index (χ1v) is 8.65. The molecule has 0 atom stereocenters. The van der Waals surface area contributed by atoms with Crippen molar-refractivity contribution in [3.63, 3.8) is 0 Å². The summed E-state index contributed by atoms with van der Waals surface area (Å²) < 4.78 is 10.7. The highest BCUT2D eigenvalue weighted by Crippen LogP contribution is 2.17. The van der Waals surface area contributed by atoms with Gasteiger partial charge in [0, 0.05) is 32.7 Å². The Balaban J connectivity index is 1.39. The van der Waals surface area contributed by atoms with E-state index in [1.165, 1.54) is 0 Å². The molecule has 134 valence electrons. The maximum atomic E-state index is 12.3. The lowest BCUT2D eigenvalue weighted by molar-refractivity contribution is 0.130. The maximum Gasteiger partial charge on any atom is 0.317 e. The second-order valence-electron chi connectivity index (χ2n) is 6.14. The van der Waals surface area contributed by atoms with Crippen LogP contribution in [0.1, 0.15) is 11.3 Å². The van der Waals surface area contributed by atoms with Crippen molar-refractivity contribution in [1.29, 1.82) is 0 Å². The fourth-order valence-electron chi connectivity index (χ4n) is 3.06. The Kier molecular flexibility index (Phi) is 5.95. The van der Waals surface area contributed by atoms with Crippen molar-refractivity contribution in [2.75, 3.05) is 39.8 Å². The second-order valence-corrected chi connectivity index (χ2v) is 6.14. The van der Waals surface area contributed by atoms with Crippen molar-refractivity contribution in [3.8, 4) is 5.75 Å². The number of nitrogens with one attached hydrogen (secondary N) is 1. The molecule has 0 saturated carbocycles. The standard InChI is InChI=1S/C19H25N3O3/c1-24-18-7-3-2-5-16(18)8-9-20-19(23)22-12-10-21(11-13-22)15-17-6-4-14-25-17/h2-7,14H,8-13,15H2,1H3,(H,20,23). The van der Waals surface area contributed by atoms with Gasteiger partial charge in [-0.05, 0) is 30.2 Å². The number of methoxy groups -OCH3 is 1. The van der Waals surface area contributed by atoms with Gasteiger partial charge < -0.3 is 19.4 Å². The summed E-state index contributed by atoms with van der Waals surface area (Å²) in [6, 6.07) is 11.8. The van der Waals surface area contributed by atoms with Crippen LogP contribution >= 0.6 is 0 Å². The SMILES string of the molecule is COc1ccccc1CCNC(=O)N1CCN(Cc2ccco2)CC1. The largest absolute Gasteiger partial charge is 0.496 e. The number of carbonyl (C=O) groups excluding carboxylic acids is 1. The topological polar surface area (TPSA) is 58.0 Å². The number of rotatable bonds is 6. The molecule has 0 spiro atoms. The van der Waals surface area contributed by atoms with E-state index in [-0.39, 0.29) is 6.03 Å². The first-order valence-electron chi connectivity index (χ1n) is 8.65. The molecule has 0 unspecified atom stereocenters. The number of nitrogens with zero attached hydrogens (tertiary/aromatic N) is 2. The molecule has 6 nitrogen and oxygen atoms in total. The van der Waals surface area contributed by atoms with Crippen LogP contribution in [0.4, 0.5) is 4.79 Å². The van der Waals surface area contributed by atoms with Gasteiger partial charge in [-0.15, -0.1) is 0 Å². The summed E-state index contributed by atoms with van der Waals surface area (Å²) in [5, 5.41) is 3.01. The summed E-state index contributed by atoms with van der Waals surface area (Å²) in [4.78, 5) is 16.5. The summed E-state index contributed by atoms with van der Waals surface area (Å²) in [6.45, 7) is 4.60. The number of para-hydroxylation sites is 1. The number of urea groups is 1. The van der Waals surface area contributed by atoms with Gasteiger partial charge in [0.25, 0.3) is 0 Å². The molecule has 2 heterocycles. The number of benzene rings is 1. The summed E-state index contributed by atoms with van der Waals surface area (Å²) in [5.41, 5.74) is 1.11. The minimum Gasteiger partial charge on any atom is -0.496 e. The highest BCUT2D eigenvalue weighted by atomic mass is 16.5. The predicted octanol–water partition coefficient (Wildman–Crippen LogP) is 2.36. The lowest BCUT2D eigenvalue weighted by Crippen LogP contribution is -2.51. The van der Waals surface area contributed by atoms with E-state index in [0.717, 1.165) is 56.2 Å². The monoisotopic (exact) mass is 343 g/mol. The van der Waals surface area contributed by atoms with Crippen molar-refractivity contribution in [3.05, 3.63) is 54.0 Å². The Hall–Kier alpha value is -2.47. The number of furan rings is 1. The van der Waals surface area contributed by atoms with E-state index in [1.807, 2.05) is 41.3 Å². The van der Waals surface area contributed by atoms with Crippen LogP contribution in [0.5, 0.6) is 5.75 Å². The molecule has 6 heteroatoms. The minimum atomic E-state index is 0.00699. The van der Waals surface area contributed by atoms with Gasteiger partial charge in [0.2, 0.25) is 0 Å². The molecule has 1 aromatic heterocycles. The van der Waals surface area contributed by atoms with E-state index in [1.54, 1.807) is 13.4 Å². The smallest absolute Gasteiger partial charge is 0.317 e. The van der Waals surface area contributed by atoms with E-state index < -0.39 is 0 Å². The van der Waals surface area contributed by atoms with Crippen molar-refractivity contribution in [2.45, 2.75) is 13.0 Å². The summed E-state index contributed by atoms with van der Waals surface area (Å²) in [7, 11) is 1.67. The number of carbonyl (C=O) groups is 1. The van der Waals surface area contributed by atoms with E-state index in [0.29, 0.717) is 6.54 Å². The van der Waals surface area contributed by atoms with Crippen LogP contribution in [-0.2, 0) is 13.0 Å². The van der Waals surface area contributed by atoms with Crippen LogP contribution in [0.3, 0.4) is 0 Å². The Labute approximate surface area is 148 Å². The van der Waals surface area contributed by atoms with Crippen molar-refractivity contribution >= 4 is 6.03 Å². The summed E-state index contributed by atoms with van der Waals surface area (Å²) in [6.07, 6.45) is 2.45. The van der Waals surface area contributed by atoms with E-state index >= 15 is 0 Å². The number of piperazine rings is 1. The Morgan fingerprint density at radius 1 is 1.16 bits per heavy atom. The maximum absolute atomic E-state index is 12.3. The van der Waals surface area contributed by atoms with Gasteiger partial charge in [0.05, 0.1) is 19.9 Å². The lowest BCUT2D eigenvalue weighted by atomic mass is 10.1. The van der Waals surface area contributed by atoms with Crippen molar-refractivity contribution in [1.82, 2.24) is 15.1 Å². The molecule has 1 saturated heterocycles. The normalized spacial score (nSPS) is 15.2. The molecule has 1 aromatic carbocycles. The van der Waals surface area contributed by atoms with Crippen LogP contribution < -0.4 is 10.1 Å². The molecule has 0 bridgehead atoms. The average molecular weight is 343 g/mol. The fraction of sp³-hybridized carbons (Fsp3) is 0.421. The van der Waals surface area contributed by atoms with E-state index in [4.69, 9.17) is 9.15 Å². The zero-order valence-corrected chi connectivity index (χ0v) is 14.6. The predicted molar refractivity (Wildman–Crippen MR) is 95.7 cm³/mol. The van der Waals surface area contributed by atoms with Crippen molar-refractivity contribution in [2.24, 2.45) is 0 Å². The van der Waals surface area contributed by atoms with Crippen LogP contribution in [0.25, 0.3) is 0 Å². The van der Waals surface area contributed by atoms with E-state index in [2.05, 4.69) is 10.2 Å². The molecule has 1 aliphatic rings. The Morgan fingerprint density at radius 2 is 1.96 bits per heavy atom. The molecule has 1 N–H and O–H groups in total. The minimum absolute atomic E-state index is 0.00699. The molecular weight excluding hydrogens is 318 g/mol. The van der Waals surface area contributed by atoms with Crippen LogP contribution in [-0.4, -0.2) is 55.7 Å². The van der Waals surface area contributed by atoms with Crippen LogP contribution in [0.15, 0.2) is 47.1 Å². The molecular formula is C19H25N3O3. The molecule has 0 aliphatic carbocycles. The zero-order valence-electron chi connectivity index (χ0n) is 14.6. The first-order chi connectivity index (χ1) is 12.3. The zero-order chi connectivity index (χ0) is 17.5. The summed E-state index contributed by atoms with van der Waals surface area (Å²) >= 11 is 0. The molecule has 1 fully saturated rings. The van der Waals surface area contributed by atoms with Gasteiger partial charge in [-0.25, -0.2) is 4.79 Å². The third-order valence-electron chi connectivity index (χ3n) is 4.48. The van der Waals surface area contributed by atoms with Crippen LogP contribution in [0, 0.1) is 0 Å². The molecule has 2 amide bonds. The second kappa shape index (κ2) is 8.58. The molecule has 2 aromatic rings. The summed E-state index contributed by atoms with van der Waals surface area (Å²) in [5.74, 6) is 1.83. The van der Waals surface area contributed by atoms with Gasteiger partial charge in [-0.2, -0.15) is 0 Å². The quantitative estimate of drug-likeness (QED) is 0.875. The Morgan fingerprint density at radius 3 is 2.68 bits per heavy atom. The van der Waals surface area contributed by atoms with Gasteiger partial charge >= 0.3 is 6.03 Å². The lowest BCUT2D eigenvalue weighted by Gasteiger charge is -2.34. The number of hydrogen-bond acceptors (Lipinski definition) is 4. The molecule has 1 aliphatic heterocycles. The first kappa shape index (κ1) is 17.4. The average Bonchev–Trinajstić information content (AvgIpc) is 3.15. The number of amides is 2. The van der Waals surface area contributed by atoms with Gasteiger partial charge in [0.1, 0.15) is 11.5 Å². The van der Waals surface area contributed by atoms with Gasteiger partial charge in [0.15, 0.2) is 0 Å². The van der Waals surface area contributed by atoms with Crippen LogP contribution in [0.2, 0.25) is 0 Å².